The molecule has 2 fully saturated rings. The van der Waals surface area contributed by atoms with Crippen LogP contribution < -0.4 is 4.74 Å². The molecule has 1 saturated carbocycles. The van der Waals surface area contributed by atoms with Crippen molar-refractivity contribution in [3.05, 3.63) is 161 Å². The number of phenols is 2. The Balaban J connectivity index is 0.000000177. The lowest BCUT2D eigenvalue weighted by atomic mass is 9.93. The summed E-state index contributed by atoms with van der Waals surface area (Å²) in [5, 5.41) is 19.2. The van der Waals surface area contributed by atoms with E-state index in [0.29, 0.717) is 29.5 Å². The van der Waals surface area contributed by atoms with Crippen LogP contribution in [0.3, 0.4) is 0 Å². The second-order valence-electron chi connectivity index (χ2n) is 14.2. The van der Waals surface area contributed by atoms with Crippen LogP contribution in [-0.2, 0) is 11.9 Å². The Morgan fingerprint density at radius 3 is 1.71 bits per heavy atom. The van der Waals surface area contributed by atoms with Crippen molar-refractivity contribution in [1.82, 2.24) is 9.80 Å². The van der Waals surface area contributed by atoms with E-state index in [1.54, 1.807) is 43.3 Å². The summed E-state index contributed by atoms with van der Waals surface area (Å²) in [4.78, 5) is 27.2. The van der Waals surface area contributed by atoms with Gasteiger partial charge in [0.2, 0.25) is 0 Å². The van der Waals surface area contributed by atoms with E-state index in [0.717, 1.165) is 22.7 Å². The number of carbonyl (C=O) groups excluding carboxylic acids is 2. The van der Waals surface area contributed by atoms with Crippen molar-refractivity contribution >= 4 is 27.5 Å². The number of carbonyl (C=O) groups is 2. The maximum absolute atomic E-state index is 11.2. The number of piperazine rings is 1. The number of hydrogen-bond acceptors (Lipinski definition) is 7. The molecule has 1 atom stereocenters. The normalized spacial score (nSPS) is 15.0. The van der Waals surface area contributed by atoms with Crippen LogP contribution in [0, 0.1) is 0 Å². The average molecular weight is 822 g/mol. The molecule has 2 N–H and O–H groups in total. The van der Waals surface area contributed by atoms with Gasteiger partial charge in [-0.1, -0.05) is 120 Å². The van der Waals surface area contributed by atoms with Crippen molar-refractivity contribution in [1.29, 1.82) is 0 Å². The number of ether oxygens (including phenoxy) is 1. The highest BCUT2D eigenvalue weighted by Crippen LogP contribution is 2.27. The molecule has 1 aliphatic carbocycles. The molecule has 8 heteroatoms. The smallest absolute Gasteiger partial charge is 0.159 e. The number of benzene rings is 5. The van der Waals surface area contributed by atoms with Crippen LogP contribution >= 0.6 is 15.9 Å². The van der Waals surface area contributed by atoms with Gasteiger partial charge < -0.3 is 14.9 Å². The van der Waals surface area contributed by atoms with Gasteiger partial charge >= 0.3 is 0 Å². The first kappa shape index (κ1) is 44.0. The number of rotatable bonds is 9. The maximum atomic E-state index is 11.2. The van der Waals surface area contributed by atoms with E-state index in [1.807, 2.05) is 72.8 Å². The highest BCUT2D eigenvalue weighted by Gasteiger charge is 2.27. The van der Waals surface area contributed by atoms with Crippen molar-refractivity contribution in [2.45, 2.75) is 76.9 Å². The molecule has 5 aromatic carbocycles. The van der Waals surface area contributed by atoms with Gasteiger partial charge in [0, 0.05) is 54.7 Å². The Morgan fingerprint density at radius 2 is 1.20 bits per heavy atom. The molecule has 7 rings (SSSR count). The predicted molar refractivity (Wildman–Crippen MR) is 231 cm³/mol. The number of hydrogen-bond donors (Lipinski definition) is 2. The van der Waals surface area contributed by atoms with E-state index in [9.17, 15) is 14.7 Å². The van der Waals surface area contributed by atoms with Gasteiger partial charge in [-0.15, -0.1) is 0 Å². The van der Waals surface area contributed by atoms with E-state index in [-0.39, 0.29) is 17.3 Å². The molecule has 1 heterocycles. The minimum Gasteiger partial charge on any atom is -0.508 e. The first-order valence-electron chi connectivity index (χ1n) is 19.6. The van der Waals surface area contributed by atoms with Crippen LogP contribution in [0.5, 0.6) is 17.2 Å². The van der Waals surface area contributed by atoms with Gasteiger partial charge in [-0.3, -0.25) is 19.4 Å². The molecule has 0 aromatic heterocycles. The van der Waals surface area contributed by atoms with Gasteiger partial charge in [0.1, 0.15) is 23.9 Å². The summed E-state index contributed by atoms with van der Waals surface area (Å²) in [6, 6.07) is 42.6. The zero-order valence-electron chi connectivity index (χ0n) is 33.0. The first-order chi connectivity index (χ1) is 27.1. The second kappa shape index (κ2) is 24.0. The van der Waals surface area contributed by atoms with Crippen LogP contribution in [0.1, 0.15) is 96.3 Å². The topological polar surface area (TPSA) is 90.3 Å². The Morgan fingerprint density at radius 1 is 0.661 bits per heavy atom. The third-order valence-electron chi connectivity index (χ3n) is 10.1. The molecule has 1 aliphatic heterocycles. The van der Waals surface area contributed by atoms with Crippen LogP contribution in [0.2, 0.25) is 0 Å². The van der Waals surface area contributed by atoms with Crippen molar-refractivity contribution in [3.8, 4) is 17.2 Å². The standard InChI is InChI=1S/C18H28N2O.C15H14O2.C8H8O2.C7H7Br/c1-15(16-7-9-18(21)10-8-16)19-11-13-20(14-12-19)17-5-3-2-4-6-17;1-12(16)14-8-5-9-15(10-14)17-11-13-6-3-2-4-7-13;1-6(9)7-2-4-8(10)5-3-7;8-6-7-4-2-1-3-5-7/h7-10,15,17,21H,2-6,11-14H2,1H3;2-10H,11H2,1H3;2-5,10H,1H3;1-5H,6H2. The molecule has 2 aliphatic rings. The summed E-state index contributed by atoms with van der Waals surface area (Å²) < 4.78 is 5.63. The lowest BCUT2D eigenvalue weighted by Crippen LogP contribution is -2.51. The quantitative estimate of drug-likeness (QED) is 0.113. The predicted octanol–water partition coefficient (Wildman–Crippen LogP) is 11.0. The minimum atomic E-state index is 0.0139. The number of phenolic OH excluding ortho intramolecular Hbond substituents is 2. The number of aromatic hydroxyl groups is 2. The van der Waals surface area contributed by atoms with E-state index in [2.05, 4.69) is 44.8 Å². The van der Waals surface area contributed by atoms with Gasteiger partial charge in [0.05, 0.1) is 0 Å². The fourth-order valence-electron chi connectivity index (χ4n) is 6.71. The first-order valence-corrected chi connectivity index (χ1v) is 20.7. The zero-order valence-corrected chi connectivity index (χ0v) is 34.6. The zero-order chi connectivity index (χ0) is 40.1. The summed E-state index contributed by atoms with van der Waals surface area (Å²) in [6.45, 7) is 10.6. The molecule has 0 radical (unpaired) electrons. The fraction of sp³-hybridized carbons (Fsp3) is 0.333. The van der Waals surface area contributed by atoms with Gasteiger partial charge in [-0.25, -0.2) is 0 Å². The number of nitrogens with zero attached hydrogens (tertiary/aromatic N) is 2. The SMILES string of the molecule is BrCc1ccccc1.CC(=O)c1ccc(O)cc1.CC(=O)c1cccc(OCc2ccccc2)c1.CC(c1ccc(O)cc1)N1CCN(C2CCCCC2)CC1. The monoisotopic (exact) mass is 820 g/mol. The summed E-state index contributed by atoms with van der Waals surface area (Å²) >= 11 is 3.36. The van der Waals surface area contributed by atoms with Crippen molar-refractivity contribution < 1.29 is 24.5 Å². The van der Waals surface area contributed by atoms with Gasteiger partial charge in [-0.2, -0.15) is 0 Å². The summed E-state index contributed by atoms with van der Waals surface area (Å²) in [5.41, 5.74) is 5.04. The molecular weight excluding hydrogens is 764 g/mol. The highest BCUT2D eigenvalue weighted by molar-refractivity contribution is 9.08. The Labute approximate surface area is 342 Å². The maximum Gasteiger partial charge on any atom is 0.159 e. The summed E-state index contributed by atoms with van der Waals surface area (Å²) in [6.07, 6.45) is 7.11. The third kappa shape index (κ3) is 15.4. The van der Waals surface area contributed by atoms with Crippen molar-refractivity contribution in [2.75, 3.05) is 26.2 Å². The fourth-order valence-corrected chi connectivity index (χ4v) is 7.08. The number of halogens is 1. The lowest BCUT2D eigenvalue weighted by molar-refractivity contribution is 0.0602. The molecule has 1 saturated heterocycles. The molecule has 0 spiro atoms. The number of ketones is 2. The van der Waals surface area contributed by atoms with E-state index in [4.69, 9.17) is 9.84 Å². The molecule has 0 bridgehead atoms. The molecule has 1 unspecified atom stereocenters. The van der Waals surface area contributed by atoms with Crippen molar-refractivity contribution in [2.24, 2.45) is 0 Å². The molecule has 0 amide bonds. The van der Waals surface area contributed by atoms with Crippen LogP contribution in [0.15, 0.2) is 133 Å². The Bertz CT molecular complexity index is 1860. The lowest BCUT2D eigenvalue weighted by Gasteiger charge is -2.42. The minimum absolute atomic E-state index is 0.0139. The summed E-state index contributed by atoms with van der Waals surface area (Å²) in [5.74, 6) is 1.33. The van der Waals surface area contributed by atoms with Gasteiger partial charge in [0.25, 0.3) is 0 Å². The number of alkyl halides is 1. The van der Waals surface area contributed by atoms with E-state index in [1.165, 1.54) is 88.5 Å². The van der Waals surface area contributed by atoms with Gasteiger partial charge in [-0.05, 0) is 98.8 Å². The molecular formula is C48H57BrN2O5. The van der Waals surface area contributed by atoms with E-state index >= 15 is 0 Å². The van der Waals surface area contributed by atoms with Crippen LogP contribution in [0.4, 0.5) is 0 Å². The van der Waals surface area contributed by atoms with Gasteiger partial charge in [0.15, 0.2) is 11.6 Å². The Hall–Kier alpha value is -4.76. The molecule has 7 nitrogen and oxygen atoms in total. The second-order valence-corrected chi connectivity index (χ2v) is 14.8. The molecule has 56 heavy (non-hydrogen) atoms. The third-order valence-corrected chi connectivity index (χ3v) is 10.8. The highest BCUT2D eigenvalue weighted by atomic mass is 79.9. The largest absolute Gasteiger partial charge is 0.508 e. The molecule has 5 aromatic rings. The van der Waals surface area contributed by atoms with Crippen LogP contribution in [-0.4, -0.2) is 63.8 Å². The summed E-state index contributed by atoms with van der Waals surface area (Å²) in [7, 11) is 0. The van der Waals surface area contributed by atoms with Crippen molar-refractivity contribution in [3.63, 3.8) is 0 Å². The molecule has 296 valence electrons. The average Bonchev–Trinajstić information content (AvgIpc) is 3.25. The van der Waals surface area contributed by atoms with Crippen LogP contribution in [0.25, 0.3) is 0 Å². The van der Waals surface area contributed by atoms with E-state index < -0.39 is 0 Å². The number of Topliss-reactive ketones (excluding diaryl/α,β-unsaturated/α-hetero) is 2. The Kier molecular flexibility index (Phi) is 18.8.